The second-order valence-corrected chi connectivity index (χ2v) is 7.99. The van der Waals surface area contributed by atoms with Crippen LogP contribution < -0.4 is 5.32 Å². The van der Waals surface area contributed by atoms with Gasteiger partial charge in [0.1, 0.15) is 23.0 Å². The standard InChI is InChI=1S/C20H27FN4O4/c1-5-28-18(26)13-10-23-17-12(6-8-22-17)16(13)24-15-7-9-25(11-14(15)21)19(27)29-20(2,3)4/h6,8,10,14-15H,5,7,9,11H2,1-4H3,(H2,22,23,24)/t14-,15-/m1/s1. The summed E-state index contributed by atoms with van der Waals surface area (Å²) >= 11 is 0. The highest BCUT2D eigenvalue weighted by atomic mass is 19.1. The molecule has 0 unspecified atom stereocenters. The Balaban J connectivity index is 1.78. The number of pyridine rings is 1. The molecule has 1 saturated heterocycles. The fourth-order valence-corrected chi connectivity index (χ4v) is 3.27. The van der Waals surface area contributed by atoms with Gasteiger partial charge >= 0.3 is 12.1 Å². The topological polar surface area (TPSA) is 96.5 Å². The third-order valence-corrected chi connectivity index (χ3v) is 4.60. The quantitative estimate of drug-likeness (QED) is 0.755. The molecule has 0 saturated carbocycles. The lowest BCUT2D eigenvalue weighted by atomic mass is 10.0. The van der Waals surface area contributed by atoms with Gasteiger partial charge in [-0.1, -0.05) is 0 Å². The van der Waals surface area contributed by atoms with Gasteiger partial charge < -0.3 is 24.7 Å². The highest BCUT2D eigenvalue weighted by Gasteiger charge is 2.34. The lowest BCUT2D eigenvalue weighted by molar-refractivity contribution is 0.0125. The molecule has 9 heteroatoms. The average molecular weight is 406 g/mol. The zero-order chi connectivity index (χ0) is 21.2. The molecule has 3 rings (SSSR count). The first-order valence-corrected chi connectivity index (χ1v) is 9.71. The summed E-state index contributed by atoms with van der Waals surface area (Å²) < 4.78 is 25.4. The Morgan fingerprint density at radius 3 is 2.83 bits per heavy atom. The van der Waals surface area contributed by atoms with Crippen LogP contribution >= 0.6 is 0 Å². The summed E-state index contributed by atoms with van der Waals surface area (Å²) in [6.07, 6.45) is 1.64. The number of nitrogens with zero attached hydrogens (tertiary/aromatic N) is 2. The molecule has 158 valence electrons. The van der Waals surface area contributed by atoms with E-state index in [9.17, 15) is 14.0 Å². The molecule has 1 amide bonds. The van der Waals surface area contributed by atoms with Crippen LogP contribution in [0, 0.1) is 0 Å². The number of aromatic amines is 1. The summed E-state index contributed by atoms with van der Waals surface area (Å²) in [4.78, 5) is 33.2. The van der Waals surface area contributed by atoms with Gasteiger partial charge in [-0.05, 0) is 40.2 Å². The van der Waals surface area contributed by atoms with E-state index < -0.39 is 29.9 Å². The monoisotopic (exact) mass is 406 g/mol. The molecule has 1 fully saturated rings. The van der Waals surface area contributed by atoms with E-state index in [1.807, 2.05) is 0 Å². The van der Waals surface area contributed by atoms with Crippen LogP contribution in [0.25, 0.3) is 11.0 Å². The van der Waals surface area contributed by atoms with Crippen molar-refractivity contribution in [2.75, 3.05) is 25.0 Å². The molecule has 0 spiro atoms. The number of alkyl halides is 1. The van der Waals surface area contributed by atoms with E-state index in [-0.39, 0.29) is 18.7 Å². The van der Waals surface area contributed by atoms with E-state index in [0.717, 1.165) is 0 Å². The molecule has 0 aromatic carbocycles. The predicted molar refractivity (Wildman–Crippen MR) is 107 cm³/mol. The van der Waals surface area contributed by atoms with E-state index in [0.29, 0.717) is 29.7 Å². The number of aromatic nitrogens is 2. The second-order valence-electron chi connectivity index (χ2n) is 7.99. The summed E-state index contributed by atoms with van der Waals surface area (Å²) in [7, 11) is 0. The van der Waals surface area contributed by atoms with Crippen molar-refractivity contribution in [2.24, 2.45) is 0 Å². The number of amides is 1. The number of nitrogens with one attached hydrogen (secondary N) is 2. The number of carbonyl (C=O) groups is 2. The highest BCUT2D eigenvalue weighted by molar-refractivity contribution is 6.04. The maximum atomic E-state index is 14.9. The third kappa shape index (κ3) is 4.78. The molecule has 0 radical (unpaired) electrons. The molecule has 1 aliphatic rings. The number of rotatable bonds is 4. The van der Waals surface area contributed by atoms with E-state index in [1.54, 1.807) is 40.0 Å². The molecule has 3 heterocycles. The fourth-order valence-electron chi connectivity index (χ4n) is 3.27. The summed E-state index contributed by atoms with van der Waals surface area (Å²) in [5.41, 5.74) is 0.680. The minimum Gasteiger partial charge on any atom is -0.462 e. The van der Waals surface area contributed by atoms with Crippen LogP contribution in [-0.2, 0) is 9.47 Å². The van der Waals surface area contributed by atoms with Crippen LogP contribution in [0.15, 0.2) is 18.5 Å². The van der Waals surface area contributed by atoms with Crippen molar-refractivity contribution >= 4 is 28.8 Å². The number of hydrogen-bond donors (Lipinski definition) is 2. The van der Waals surface area contributed by atoms with Gasteiger partial charge in [0, 0.05) is 24.3 Å². The summed E-state index contributed by atoms with van der Waals surface area (Å²) in [5, 5.41) is 3.84. The Bertz CT molecular complexity index is 892. The first-order valence-electron chi connectivity index (χ1n) is 9.71. The maximum Gasteiger partial charge on any atom is 0.410 e. The number of fused-ring (bicyclic) bond motifs is 1. The normalized spacial score (nSPS) is 19.8. The summed E-state index contributed by atoms with van der Waals surface area (Å²) in [6, 6.07) is 1.21. The number of ether oxygens (including phenoxy) is 2. The molecule has 2 atom stereocenters. The average Bonchev–Trinajstić information content (AvgIpc) is 3.11. The Labute approximate surface area is 168 Å². The van der Waals surface area contributed by atoms with E-state index >= 15 is 0 Å². The van der Waals surface area contributed by atoms with E-state index in [2.05, 4.69) is 15.3 Å². The zero-order valence-corrected chi connectivity index (χ0v) is 17.1. The van der Waals surface area contributed by atoms with E-state index in [1.165, 1.54) is 11.1 Å². The SMILES string of the molecule is CCOC(=O)c1cnc2[nH]ccc2c1N[C@@H]1CCN(C(=O)OC(C)(C)C)C[C@H]1F. The van der Waals surface area contributed by atoms with Gasteiger partial charge in [0.05, 0.1) is 24.9 Å². The summed E-state index contributed by atoms with van der Waals surface area (Å²) in [5.74, 6) is -0.521. The largest absolute Gasteiger partial charge is 0.462 e. The minimum absolute atomic E-state index is 0.0807. The Kier molecular flexibility index (Phi) is 5.95. The first-order chi connectivity index (χ1) is 13.7. The van der Waals surface area contributed by atoms with Crippen molar-refractivity contribution in [1.82, 2.24) is 14.9 Å². The molecular formula is C20H27FN4O4. The predicted octanol–water partition coefficient (Wildman–Crippen LogP) is 3.50. The number of hydrogen-bond acceptors (Lipinski definition) is 6. The number of H-pyrrole nitrogens is 1. The number of likely N-dealkylation sites (tertiary alicyclic amines) is 1. The van der Waals surface area contributed by atoms with Crippen LogP contribution in [0.4, 0.5) is 14.9 Å². The summed E-state index contributed by atoms with van der Waals surface area (Å²) in [6.45, 7) is 7.53. The van der Waals surface area contributed by atoms with Crippen LogP contribution in [0.5, 0.6) is 0 Å². The number of esters is 1. The van der Waals surface area contributed by atoms with Crippen molar-refractivity contribution in [3.8, 4) is 0 Å². The molecule has 2 N–H and O–H groups in total. The Morgan fingerprint density at radius 2 is 2.17 bits per heavy atom. The number of anilines is 1. The lowest BCUT2D eigenvalue weighted by Gasteiger charge is -2.36. The van der Waals surface area contributed by atoms with Gasteiger partial charge in [-0.15, -0.1) is 0 Å². The molecule has 2 aromatic rings. The van der Waals surface area contributed by atoms with Gasteiger partial charge in [-0.25, -0.2) is 19.0 Å². The molecule has 1 aliphatic heterocycles. The Morgan fingerprint density at radius 1 is 1.41 bits per heavy atom. The smallest absolute Gasteiger partial charge is 0.410 e. The van der Waals surface area contributed by atoms with Crippen LogP contribution in [0.1, 0.15) is 44.5 Å². The first kappa shape index (κ1) is 20.9. The van der Waals surface area contributed by atoms with Gasteiger partial charge in [0.15, 0.2) is 0 Å². The van der Waals surface area contributed by atoms with Gasteiger partial charge in [-0.3, -0.25) is 0 Å². The number of halogens is 1. The van der Waals surface area contributed by atoms with Crippen LogP contribution in [0.3, 0.4) is 0 Å². The number of piperidine rings is 1. The van der Waals surface area contributed by atoms with Gasteiger partial charge in [0.2, 0.25) is 0 Å². The second kappa shape index (κ2) is 8.26. The van der Waals surface area contributed by atoms with Crippen LogP contribution in [0.2, 0.25) is 0 Å². The van der Waals surface area contributed by atoms with Gasteiger partial charge in [-0.2, -0.15) is 0 Å². The molecule has 0 bridgehead atoms. The van der Waals surface area contributed by atoms with Crippen molar-refractivity contribution < 1.29 is 23.5 Å². The van der Waals surface area contributed by atoms with E-state index in [4.69, 9.17) is 9.47 Å². The van der Waals surface area contributed by atoms with Crippen LogP contribution in [-0.4, -0.2) is 64.4 Å². The zero-order valence-electron chi connectivity index (χ0n) is 17.1. The fraction of sp³-hybridized carbons (Fsp3) is 0.550. The number of carbonyl (C=O) groups excluding carboxylic acids is 2. The maximum absolute atomic E-state index is 14.9. The molecule has 29 heavy (non-hydrogen) atoms. The minimum atomic E-state index is -1.33. The Hall–Kier alpha value is -2.84. The van der Waals surface area contributed by atoms with Crippen molar-refractivity contribution in [1.29, 1.82) is 0 Å². The van der Waals surface area contributed by atoms with Crippen molar-refractivity contribution in [3.63, 3.8) is 0 Å². The van der Waals surface area contributed by atoms with Gasteiger partial charge in [0.25, 0.3) is 0 Å². The highest BCUT2D eigenvalue weighted by Crippen LogP contribution is 2.29. The molecule has 0 aliphatic carbocycles. The van der Waals surface area contributed by atoms with Crippen molar-refractivity contribution in [3.05, 3.63) is 24.0 Å². The molecule has 8 nitrogen and oxygen atoms in total. The molecular weight excluding hydrogens is 379 g/mol. The lowest BCUT2D eigenvalue weighted by Crippen LogP contribution is -2.51. The van der Waals surface area contributed by atoms with Crippen molar-refractivity contribution in [2.45, 2.75) is 51.9 Å². The molecule has 2 aromatic heterocycles. The third-order valence-electron chi connectivity index (χ3n) is 4.60.